The highest BCUT2D eigenvalue weighted by Crippen LogP contribution is 2.66. The van der Waals surface area contributed by atoms with Gasteiger partial charge in [0.15, 0.2) is 0 Å². The van der Waals surface area contributed by atoms with Gasteiger partial charge in [-0.1, -0.05) is 399 Å². The Kier molecular flexibility index (Phi) is 36.3. The van der Waals surface area contributed by atoms with E-state index in [1.165, 1.54) is 447 Å². The zero-order valence-electron chi connectivity index (χ0n) is 69.1. The highest BCUT2D eigenvalue weighted by Gasteiger charge is 2.50. The lowest BCUT2D eigenvalue weighted by Crippen LogP contribution is -2.27. The molecule has 0 amide bonds. The lowest BCUT2D eigenvalue weighted by atomic mass is 9.68. The molecule has 7 heteroatoms. The van der Waals surface area contributed by atoms with Gasteiger partial charge >= 0.3 is 0 Å². The van der Waals surface area contributed by atoms with Crippen LogP contribution in [-0.4, -0.2) is 8.75 Å². The molecule has 2 aliphatic rings. The Balaban J connectivity index is 0.929. The van der Waals surface area contributed by atoms with Crippen LogP contribution < -0.4 is 0 Å². The molecular weight excluding hydrogens is 1390 g/mol. The second-order valence-electron chi connectivity index (χ2n) is 34.7. The lowest BCUT2D eigenvalue weighted by Gasteiger charge is -2.35. The number of nitrogens with zero attached hydrogens (tertiary/aromatic N) is 2. The first-order valence-electron chi connectivity index (χ1n) is 46.2. The van der Waals surface area contributed by atoms with Crippen molar-refractivity contribution < 1.29 is 0 Å². The Morgan fingerprint density at radius 3 is 0.907 bits per heavy atom. The van der Waals surface area contributed by atoms with Crippen LogP contribution >= 0.6 is 57.1 Å². The number of hydrogen-bond donors (Lipinski definition) is 0. The smallest absolute Gasteiger partial charge is 0.113 e. The van der Waals surface area contributed by atoms with E-state index in [4.69, 9.17) is 8.75 Å². The largest absolute Gasteiger partial charge is 0.173 e. The molecule has 5 aromatic heterocycles. The van der Waals surface area contributed by atoms with Gasteiger partial charge in [-0.15, -0.1) is 45.3 Å². The fourth-order valence-electron chi connectivity index (χ4n) is 19.9. The summed E-state index contributed by atoms with van der Waals surface area (Å²) in [6.45, 7) is 13.9. The van der Waals surface area contributed by atoms with Crippen molar-refractivity contribution >= 4 is 108 Å². The van der Waals surface area contributed by atoms with Crippen LogP contribution in [0.15, 0.2) is 60.7 Å². The van der Waals surface area contributed by atoms with Crippen LogP contribution in [0, 0.1) is 13.8 Å². The summed E-state index contributed by atoms with van der Waals surface area (Å²) < 4.78 is 15.7. The van der Waals surface area contributed by atoms with Crippen molar-refractivity contribution in [2.75, 3.05) is 0 Å². The number of unbranched alkanes of at least 4 members (excludes halogenated alkanes) is 52. The first-order valence-corrected chi connectivity index (χ1v) is 50.2. The van der Waals surface area contributed by atoms with E-state index >= 15 is 0 Å². The molecule has 0 fully saturated rings. The molecule has 2 nitrogen and oxygen atoms in total. The molecule has 0 unspecified atom stereocenters. The SMILES string of the molecule is CCCCCCCCCCCCCCCCC1(CCCCCCCCCCCCCCCC)c2cc3c(cc2-c2sc4cc5cc(C)sc5cc4c21)C(CCCCCCCCCCCCCCCC)(CCCCCCCCCCCCCCCC)c1c-3sc2cc3cc(-c4ccc(C)c5nsnc45)sc3cc12. The molecule has 0 N–H and O–H groups in total. The minimum atomic E-state index is -0.0269. The number of aromatic nitrogens is 2. The van der Waals surface area contributed by atoms with Crippen LogP contribution in [0.1, 0.15) is 446 Å². The van der Waals surface area contributed by atoms with E-state index in [2.05, 4.69) is 125 Å². The van der Waals surface area contributed by atoms with Gasteiger partial charge < -0.3 is 0 Å². The van der Waals surface area contributed by atoms with E-state index in [0.29, 0.717) is 0 Å². The normalized spacial score (nSPS) is 13.7. The van der Waals surface area contributed by atoms with Crippen molar-refractivity contribution in [1.82, 2.24) is 8.75 Å². The van der Waals surface area contributed by atoms with Gasteiger partial charge in [-0.05, 0) is 149 Å². The molecule has 5 heterocycles. The Morgan fingerprint density at radius 2 is 0.570 bits per heavy atom. The van der Waals surface area contributed by atoms with Gasteiger partial charge in [0.05, 0.1) is 11.7 Å². The summed E-state index contributed by atoms with van der Waals surface area (Å²) in [5, 5.41) is 6.01. The zero-order valence-corrected chi connectivity index (χ0v) is 73.2. The van der Waals surface area contributed by atoms with E-state index in [9.17, 15) is 0 Å². The van der Waals surface area contributed by atoms with Crippen LogP contribution in [0.5, 0.6) is 0 Å². The van der Waals surface area contributed by atoms with Gasteiger partial charge in [-0.3, -0.25) is 0 Å². The maximum atomic E-state index is 4.93. The first-order chi connectivity index (χ1) is 52.8. The number of thiophene rings is 4. The lowest BCUT2D eigenvalue weighted by molar-refractivity contribution is 0.396. The summed E-state index contributed by atoms with van der Waals surface area (Å²) in [7, 11) is 0. The van der Waals surface area contributed by atoms with Crippen molar-refractivity contribution in [2.45, 2.75) is 438 Å². The van der Waals surface area contributed by atoms with E-state index in [1.807, 2.05) is 22.7 Å². The summed E-state index contributed by atoms with van der Waals surface area (Å²) in [6, 6.07) is 26.2. The third-order valence-electron chi connectivity index (χ3n) is 26.1. The molecular formula is C100H148N2S5. The highest BCUT2D eigenvalue weighted by atomic mass is 32.1. The average Bonchev–Trinajstić information content (AvgIpc) is 1.51. The van der Waals surface area contributed by atoms with Gasteiger partial charge in [0, 0.05) is 54.7 Å². The van der Waals surface area contributed by atoms with Crippen molar-refractivity contribution in [2.24, 2.45) is 0 Å². The van der Waals surface area contributed by atoms with Gasteiger partial charge in [0.2, 0.25) is 0 Å². The second kappa shape index (κ2) is 46.0. The van der Waals surface area contributed by atoms with E-state index in [-0.39, 0.29) is 10.8 Å². The minimum absolute atomic E-state index is 0.00475. The van der Waals surface area contributed by atoms with Crippen LogP contribution in [-0.2, 0) is 10.8 Å². The van der Waals surface area contributed by atoms with Crippen molar-refractivity contribution in [1.29, 1.82) is 0 Å². The van der Waals surface area contributed by atoms with Crippen LogP contribution in [0.3, 0.4) is 0 Å². The Morgan fingerprint density at radius 1 is 0.271 bits per heavy atom. The summed E-state index contributed by atoms with van der Waals surface area (Å²) >= 11 is 9.78. The predicted molar refractivity (Wildman–Crippen MR) is 486 cm³/mol. The molecule has 11 rings (SSSR count). The van der Waals surface area contributed by atoms with Crippen molar-refractivity contribution in [3.63, 3.8) is 0 Å². The summed E-state index contributed by atoms with van der Waals surface area (Å²) in [5.74, 6) is 0. The van der Waals surface area contributed by atoms with E-state index in [0.717, 1.165) is 11.0 Å². The summed E-state index contributed by atoms with van der Waals surface area (Å²) in [4.78, 5) is 6.06. The fraction of sp³-hybridized carbons (Fsp3) is 0.680. The third kappa shape index (κ3) is 23.2. The number of rotatable bonds is 61. The van der Waals surface area contributed by atoms with Crippen LogP contribution in [0.2, 0.25) is 0 Å². The Labute approximate surface area is 674 Å². The summed E-state index contributed by atoms with van der Waals surface area (Å²) in [5.41, 5.74) is 14.8. The van der Waals surface area contributed by atoms with Crippen LogP contribution in [0.4, 0.5) is 0 Å². The molecule has 0 aliphatic heterocycles. The molecule has 4 aromatic carbocycles. The molecule has 0 spiro atoms. The fourth-order valence-corrected chi connectivity index (χ4v) is 25.3. The molecule has 0 atom stereocenters. The molecule has 0 radical (unpaired) electrons. The molecule has 107 heavy (non-hydrogen) atoms. The van der Waals surface area contributed by atoms with Crippen LogP contribution in [0.25, 0.3) is 82.7 Å². The van der Waals surface area contributed by atoms with Gasteiger partial charge in [0.1, 0.15) is 11.0 Å². The van der Waals surface area contributed by atoms with Gasteiger partial charge in [0.25, 0.3) is 0 Å². The van der Waals surface area contributed by atoms with Gasteiger partial charge in [-0.25, -0.2) is 0 Å². The monoisotopic (exact) mass is 1540 g/mol. The topological polar surface area (TPSA) is 25.8 Å². The number of aryl methyl sites for hydroxylation is 2. The molecule has 9 aromatic rings. The van der Waals surface area contributed by atoms with Crippen molar-refractivity contribution in [3.05, 3.63) is 93.4 Å². The Bertz CT molecular complexity index is 3940. The third-order valence-corrected chi connectivity index (χ3v) is 31.2. The van der Waals surface area contributed by atoms with Crippen molar-refractivity contribution in [3.8, 4) is 31.3 Å². The van der Waals surface area contributed by atoms with Gasteiger partial charge in [-0.2, -0.15) is 8.75 Å². The second-order valence-corrected chi connectivity index (χ2v) is 39.7. The quantitative estimate of drug-likeness (QED) is 0.0355. The number of hydrogen-bond acceptors (Lipinski definition) is 7. The summed E-state index contributed by atoms with van der Waals surface area (Å²) in [6.07, 6.45) is 83.9. The first kappa shape index (κ1) is 84.4. The van der Waals surface area contributed by atoms with E-state index in [1.54, 1.807) is 53.9 Å². The Hall–Kier alpha value is -3.46. The molecule has 0 saturated carbocycles. The minimum Gasteiger partial charge on any atom is -0.173 e. The average molecular weight is 1540 g/mol. The molecule has 2 aliphatic carbocycles. The molecule has 0 saturated heterocycles. The van der Waals surface area contributed by atoms with E-state index < -0.39 is 0 Å². The molecule has 588 valence electrons. The zero-order chi connectivity index (χ0) is 74.1. The predicted octanol–water partition coefficient (Wildman–Crippen LogP) is 36.9. The maximum absolute atomic E-state index is 4.93. The highest BCUT2D eigenvalue weighted by molar-refractivity contribution is 7.24. The standard InChI is InChI=1S/C100H148N2S5/c1-7-11-15-19-23-27-31-35-39-43-47-51-55-59-65-99(66-60-56-52-48-44-40-36-32-28-24-20-16-12-8-2)86-74-83-87(73-82(86)97-93(99)84-75-88-79(69-78(6)103-88)70-91(84)105-97)100(67-61-57-53-49-45-41-37-33-29-25-21-17-13-9-3,68-62-58-54-50-46-42-38-34-30-26-22-18-14-10-4)94-85-76-89-80(72-92(85)106-98(83)94)71-90(104-89)81-64-63-77(5)95-96(81)102-107-101-95/h63-64,69-76H,7-62,65-68H2,1-6H3. The number of fused-ring (bicyclic) bond motifs is 13. The molecule has 0 bridgehead atoms. The maximum Gasteiger partial charge on any atom is 0.113 e. The number of benzene rings is 4.